The molecule has 2 unspecified atom stereocenters. The third kappa shape index (κ3) is 5.06. The number of fused-ring (bicyclic) bond motifs is 1. The maximum absolute atomic E-state index is 14.5. The molecule has 3 heterocycles. The predicted molar refractivity (Wildman–Crippen MR) is 165 cm³/mol. The van der Waals surface area contributed by atoms with Crippen LogP contribution in [-0.4, -0.2) is 97.0 Å². The van der Waals surface area contributed by atoms with Gasteiger partial charge in [0.1, 0.15) is 11.8 Å². The van der Waals surface area contributed by atoms with Gasteiger partial charge >= 0.3 is 5.69 Å². The molecule has 0 saturated carbocycles. The van der Waals surface area contributed by atoms with E-state index >= 15 is 0 Å². The summed E-state index contributed by atoms with van der Waals surface area (Å²) in [6.45, 7) is 2.97. The first kappa shape index (κ1) is 29.6. The molecule has 6 rings (SSSR count). The van der Waals surface area contributed by atoms with E-state index in [1.165, 1.54) is 54.1 Å². The minimum Gasteiger partial charge on any atom is -0.497 e. The van der Waals surface area contributed by atoms with E-state index in [2.05, 4.69) is 30.0 Å². The predicted octanol–water partition coefficient (Wildman–Crippen LogP) is 2.36. The molecule has 0 radical (unpaired) electrons. The summed E-state index contributed by atoms with van der Waals surface area (Å²) >= 11 is 0. The van der Waals surface area contributed by atoms with Gasteiger partial charge in [0.2, 0.25) is 0 Å². The number of ether oxygens (including phenoxy) is 1. The maximum Gasteiger partial charge on any atom is 0.344 e. The molecule has 0 spiro atoms. The van der Waals surface area contributed by atoms with Crippen LogP contribution in [0.3, 0.4) is 0 Å². The molecule has 12 heteroatoms. The van der Waals surface area contributed by atoms with Gasteiger partial charge in [-0.05, 0) is 68.5 Å². The number of hydrogen-bond donors (Lipinski definition) is 0. The fraction of sp³-hybridized carbons (Fsp3) is 0.344. The van der Waals surface area contributed by atoms with E-state index in [9.17, 15) is 23.3 Å². The normalized spacial score (nSPS) is 18.3. The molecule has 0 bridgehead atoms. The molecule has 2 saturated heterocycles. The molecule has 4 aromatic rings. The number of carbonyl (C=O) groups is 1. The number of amides is 1. The van der Waals surface area contributed by atoms with Crippen molar-refractivity contribution in [3.8, 4) is 11.8 Å². The van der Waals surface area contributed by atoms with Gasteiger partial charge in [0.25, 0.3) is 15.9 Å². The number of likely N-dealkylation sites (tertiary alicyclic amines) is 2. The van der Waals surface area contributed by atoms with Gasteiger partial charge in [-0.15, -0.1) is 0 Å². The van der Waals surface area contributed by atoms with Crippen molar-refractivity contribution >= 4 is 27.0 Å². The van der Waals surface area contributed by atoms with Crippen LogP contribution in [0.4, 0.5) is 0 Å². The van der Waals surface area contributed by atoms with Crippen molar-refractivity contribution in [1.82, 2.24) is 23.2 Å². The van der Waals surface area contributed by atoms with Gasteiger partial charge in [0.05, 0.1) is 34.7 Å². The third-order valence-electron chi connectivity index (χ3n) is 8.84. The summed E-state index contributed by atoms with van der Waals surface area (Å²) in [4.78, 5) is 35.1. The van der Waals surface area contributed by atoms with E-state index in [1.54, 1.807) is 29.2 Å². The molecule has 2 fully saturated rings. The smallest absolute Gasteiger partial charge is 0.344 e. The second-order valence-electron chi connectivity index (χ2n) is 11.5. The summed E-state index contributed by atoms with van der Waals surface area (Å²) in [6, 6.07) is 20.5. The molecule has 228 valence electrons. The minimum absolute atomic E-state index is 0.0756. The van der Waals surface area contributed by atoms with E-state index < -0.39 is 21.8 Å². The minimum atomic E-state index is -4.40. The zero-order chi connectivity index (χ0) is 31.2. The number of nitriles is 1. The number of carbonyl (C=O) groups excluding carboxylic acids is 1. The largest absolute Gasteiger partial charge is 0.497 e. The molecule has 44 heavy (non-hydrogen) atoms. The summed E-state index contributed by atoms with van der Waals surface area (Å²) in [5.41, 5.74) is 0.141. The second kappa shape index (κ2) is 11.6. The highest BCUT2D eigenvalue weighted by Gasteiger charge is 2.40. The molecule has 2 atom stereocenters. The molecule has 11 nitrogen and oxygen atoms in total. The van der Waals surface area contributed by atoms with Crippen LogP contribution in [0.5, 0.6) is 5.75 Å². The highest BCUT2D eigenvalue weighted by atomic mass is 32.2. The van der Waals surface area contributed by atoms with Crippen molar-refractivity contribution in [2.75, 3.05) is 47.4 Å². The molecule has 1 aromatic heterocycles. The molecule has 1 amide bonds. The van der Waals surface area contributed by atoms with Gasteiger partial charge in [-0.2, -0.15) is 9.23 Å². The lowest BCUT2D eigenvalue weighted by molar-refractivity contribution is -0.132. The lowest BCUT2D eigenvalue weighted by Crippen LogP contribution is -2.59. The quantitative estimate of drug-likeness (QED) is 0.297. The van der Waals surface area contributed by atoms with Crippen LogP contribution in [0.25, 0.3) is 11.0 Å². The van der Waals surface area contributed by atoms with Gasteiger partial charge in [-0.3, -0.25) is 14.3 Å². The molecular weight excluding hydrogens is 580 g/mol. The third-order valence-corrected chi connectivity index (χ3v) is 10.5. The summed E-state index contributed by atoms with van der Waals surface area (Å²) in [6.07, 6.45) is 0.797. The lowest BCUT2D eigenvalue weighted by Gasteiger charge is -2.44. The lowest BCUT2D eigenvalue weighted by atomic mass is 10.0. The summed E-state index contributed by atoms with van der Waals surface area (Å²) < 4.78 is 35.1. The Bertz CT molecular complexity index is 1910. The number of hydrogen-bond acceptors (Lipinski definition) is 8. The highest BCUT2D eigenvalue weighted by molar-refractivity contribution is 7.90. The Hall–Kier alpha value is -4.44. The van der Waals surface area contributed by atoms with E-state index in [1.807, 2.05) is 6.07 Å². The standard InChI is InChI=1S/C32H34N6O5S/c1-34-19-25(20-34)35(2)24-15-16-36(21-24)31(39)30(23-7-5-4-6-8-23)37-29-17-22(18-33)9-14-28(29)38(32(37)40)44(41,42)27-12-10-26(43-3)11-13-27/h4-14,17,24-25,30H,15-16,19-21H2,1-3H3. The zero-order valence-electron chi connectivity index (χ0n) is 24.8. The van der Waals surface area contributed by atoms with Crippen LogP contribution in [0.1, 0.15) is 23.6 Å². The van der Waals surface area contributed by atoms with Crippen molar-refractivity contribution in [2.24, 2.45) is 0 Å². The second-order valence-corrected chi connectivity index (χ2v) is 13.3. The Balaban J connectivity index is 1.48. The van der Waals surface area contributed by atoms with Gasteiger partial charge < -0.3 is 14.5 Å². The van der Waals surface area contributed by atoms with Crippen molar-refractivity contribution < 1.29 is 17.9 Å². The first-order valence-corrected chi connectivity index (χ1v) is 15.9. The van der Waals surface area contributed by atoms with E-state index in [0.29, 0.717) is 30.4 Å². The van der Waals surface area contributed by atoms with Gasteiger partial charge in [0.15, 0.2) is 0 Å². The topological polar surface area (TPSA) is 121 Å². The van der Waals surface area contributed by atoms with Crippen LogP contribution in [0, 0.1) is 11.3 Å². The average molecular weight is 615 g/mol. The highest BCUT2D eigenvalue weighted by Crippen LogP contribution is 2.30. The Morgan fingerprint density at radius 3 is 2.34 bits per heavy atom. The van der Waals surface area contributed by atoms with E-state index in [0.717, 1.165) is 23.5 Å². The molecule has 0 N–H and O–H groups in total. The molecule has 3 aromatic carbocycles. The Labute approximate surface area is 256 Å². The van der Waals surface area contributed by atoms with Gasteiger partial charge in [0, 0.05) is 38.3 Å². The summed E-state index contributed by atoms with van der Waals surface area (Å²) in [7, 11) is 1.25. The molecular formula is C32H34N6O5S. The van der Waals surface area contributed by atoms with Crippen molar-refractivity contribution in [1.29, 1.82) is 5.26 Å². The maximum atomic E-state index is 14.5. The Morgan fingerprint density at radius 2 is 1.70 bits per heavy atom. The number of methoxy groups -OCH3 is 1. The number of aromatic nitrogens is 2. The summed E-state index contributed by atoms with van der Waals surface area (Å²) in [5, 5.41) is 9.70. The number of nitrogens with zero attached hydrogens (tertiary/aromatic N) is 6. The Kier molecular flexibility index (Phi) is 7.79. The molecule has 0 aliphatic carbocycles. The SMILES string of the molecule is COc1ccc(S(=O)(=O)n2c(=O)n(C(C(=O)N3CCC(N(C)C4CN(C)C4)C3)c3ccccc3)c3cc(C#N)ccc32)cc1. The van der Waals surface area contributed by atoms with Crippen LogP contribution in [0.15, 0.2) is 82.5 Å². The number of benzene rings is 3. The monoisotopic (exact) mass is 614 g/mol. The van der Waals surface area contributed by atoms with Gasteiger partial charge in [-0.1, -0.05) is 30.3 Å². The Morgan fingerprint density at radius 1 is 1.00 bits per heavy atom. The fourth-order valence-electron chi connectivity index (χ4n) is 6.30. The fourth-order valence-corrected chi connectivity index (χ4v) is 7.70. The molecule has 2 aliphatic heterocycles. The van der Waals surface area contributed by atoms with Crippen LogP contribution in [0.2, 0.25) is 0 Å². The van der Waals surface area contributed by atoms with Crippen molar-refractivity contribution in [3.05, 3.63) is 94.4 Å². The first-order chi connectivity index (χ1) is 21.1. The number of imidazole rings is 1. The van der Waals surface area contributed by atoms with E-state index in [4.69, 9.17) is 4.74 Å². The van der Waals surface area contributed by atoms with Gasteiger partial charge in [-0.25, -0.2) is 13.2 Å². The zero-order valence-corrected chi connectivity index (χ0v) is 25.6. The summed E-state index contributed by atoms with van der Waals surface area (Å²) in [5.74, 6) is 0.161. The number of likely N-dealkylation sites (N-methyl/N-ethyl adjacent to an activating group) is 2. The molecule has 2 aliphatic rings. The average Bonchev–Trinajstić information content (AvgIpc) is 3.63. The van der Waals surface area contributed by atoms with Crippen LogP contribution >= 0.6 is 0 Å². The van der Waals surface area contributed by atoms with Crippen molar-refractivity contribution in [3.63, 3.8) is 0 Å². The van der Waals surface area contributed by atoms with Crippen molar-refractivity contribution in [2.45, 2.75) is 29.4 Å². The van der Waals surface area contributed by atoms with Crippen LogP contribution < -0.4 is 10.4 Å². The first-order valence-electron chi connectivity index (χ1n) is 14.4. The van der Waals surface area contributed by atoms with Crippen LogP contribution in [-0.2, 0) is 14.8 Å². The van der Waals surface area contributed by atoms with E-state index in [-0.39, 0.29) is 33.4 Å². The number of rotatable bonds is 8.